The molecule has 2 unspecified atom stereocenters. The van der Waals surface area contributed by atoms with Gasteiger partial charge in [-0.05, 0) is 12.5 Å². The predicted molar refractivity (Wildman–Crippen MR) is 97.0 cm³/mol. The Labute approximate surface area is 146 Å². The SMILES string of the molecule is CC(N)CN1C(=O)c2[nH]nc(-c3ccccc3)c2C1c1ccccc1. The number of H-pyrrole nitrogens is 1. The van der Waals surface area contributed by atoms with Crippen molar-refractivity contribution in [2.24, 2.45) is 5.73 Å². The lowest BCUT2D eigenvalue weighted by atomic mass is 9.96. The molecule has 1 aliphatic rings. The number of benzene rings is 2. The van der Waals surface area contributed by atoms with Gasteiger partial charge in [-0.15, -0.1) is 0 Å². The number of rotatable bonds is 4. The van der Waals surface area contributed by atoms with Crippen molar-refractivity contribution in [3.63, 3.8) is 0 Å². The number of aromatic amines is 1. The van der Waals surface area contributed by atoms with Gasteiger partial charge in [0.05, 0.1) is 11.7 Å². The van der Waals surface area contributed by atoms with Crippen molar-refractivity contribution in [1.29, 1.82) is 0 Å². The van der Waals surface area contributed by atoms with Crippen molar-refractivity contribution >= 4 is 5.91 Å². The molecular formula is C20H20N4O. The molecule has 0 radical (unpaired) electrons. The number of amides is 1. The van der Waals surface area contributed by atoms with Gasteiger partial charge in [0.1, 0.15) is 5.69 Å². The first-order chi connectivity index (χ1) is 12.2. The lowest BCUT2D eigenvalue weighted by Gasteiger charge is -2.27. The zero-order valence-electron chi connectivity index (χ0n) is 14.0. The van der Waals surface area contributed by atoms with Crippen LogP contribution in [0, 0.1) is 0 Å². The second-order valence-corrected chi connectivity index (χ2v) is 6.47. The maximum atomic E-state index is 13.0. The Morgan fingerprint density at radius 3 is 2.40 bits per heavy atom. The maximum absolute atomic E-state index is 13.0. The molecule has 1 aromatic heterocycles. The zero-order chi connectivity index (χ0) is 17.4. The number of carbonyl (C=O) groups is 1. The van der Waals surface area contributed by atoms with Crippen LogP contribution in [0.15, 0.2) is 60.7 Å². The smallest absolute Gasteiger partial charge is 0.273 e. The molecule has 0 spiro atoms. The van der Waals surface area contributed by atoms with Crippen LogP contribution in [-0.2, 0) is 0 Å². The maximum Gasteiger partial charge on any atom is 0.273 e. The van der Waals surface area contributed by atoms with Crippen molar-refractivity contribution in [3.05, 3.63) is 77.5 Å². The first-order valence-corrected chi connectivity index (χ1v) is 8.42. The number of aromatic nitrogens is 2. The van der Waals surface area contributed by atoms with E-state index >= 15 is 0 Å². The van der Waals surface area contributed by atoms with E-state index in [1.165, 1.54) is 0 Å². The predicted octanol–water partition coefficient (Wildman–Crippen LogP) is 2.97. The summed E-state index contributed by atoms with van der Waals surface area (Å²) in [6.45, 7) is 2.41. The van der Waals surface area contributed by atoms with Gasteiger partial charge in [-0.25, -0.2) is 0 Å². The third-order valence-corrected chi connectivity index (χ3v) is 4.51. The first-order valence-electron chi connectivity index (χ1n) is 8.42. The Morgan fingerprint density at radius 2 is 1.76 bits per heavy atom. The van der Waals surface area contributed by atoms with Gasteiger partial charge in [0.15, 0.2) is 0 Å². The fourth-order valence-electron chi connectivity index (χ4n) is 3.49. The average molecular weight is 332 g/mol. The van der Waals surface area contributed by atoms with Crippen molar-refractivity contribution in [3.8, 4) is 11.3 Å². The molecular weight excluding hydrogens is 312 g/mol. The summed E-state index contributed by atoms with van der Waals surface area (Å²) in [6, 6.07) is 19.7. The molecule has 1 aliphatic heterocycles. The standard InChI is InChI=1S/C20H20N4O/c1-13(21)12-24-19(15-10-6-3-7-11-15)16-17(14-8-4-2-5-9-14)22-23-18(16)20(24)25/h2-11,13,19H,12,21H2,1H3,(H,22,23). The number of hydrogen-bond donors (Lipinski definition) is 2. The molecule has 2 heterocycles. The normalized spacial score (nSPS) is 17.6. The van der Waals surface area contributed by atoms with E-state index in [0.29, 0.717) is 12.2 Å². The van der Waals surface area contributed by atoms with Crippen LogP contribution in [0.1, 0.15) is 34.6 Å². The molecule has 126 valence electrons. The molecule has 5 nitrogen and oxygen atoms in total. The van der Waals surface area contributed by atoms with Crippen molar-refractivity contribution in [2.45, 2.75) is 19.0 Å². The molecule has 1 amide bonds. The van der Waals surface area contributed by atoms with Crippen LogP contribution in [0.25, 0.3) is 11.3 Å². The summed E-state index contributed by atoms with van der Waals surface area (Å²) in [5.41, 5.74) is 10.4. The van der Waals surface area contributed by atoms with E-state index in [0.717, 1.165) is 22.4 Å². The second-order valence-electron chi connectivity index (χ2n) is 6.47. The number of fused-ring (bicyclic) bond motifs is 1. The van der Waals surface area contributed by atoms with E-state index in [4.69, 9.17) is 5.73 Å². The molecule has 0 bridgehead atoms. The molecule has 2 atom stereocenters. The fourth-order valence-corrected chi connectivity index (χ4v) is 3.49. The van der Waals surface area contributed by atoms with Crippen LogP contribution in [0.4, 0.5) is 0 Å². The van der Waals surface area contributed by atoms with Gasteiger partial charge in [0, 0.05) is 23.7 Å². The minimum Gasteiger partial charge on any atom is -0.326 e. The lowest BCUT2D eigenvalue weighted by molar-refractivity contribution is 0.0735. The van der Waals surface area contributed by atoms with Crippen LogP contribution in [0.5, 0.6) is 0 Å². The second kappa shape index (κ2) is 6.18. The Bertz CT molecular complexity index is 887. The summed E-state index contributed by atoms with van der Waals surface area (Å²) in [5, 5.41) is 7.40. The highest BCUT2D eigenvalue weighted by Gasteiger charge is 2.42. The van der Waals surface area contributed by atoms with Gasteiger partial charge < -0.3 is 10.6 Å². The van der Waals surface area contributed by atoms with Gasteiger partial charge in [-0.1, -0.05) is 60.7 Å². The Morgan fingerprint density at radius 1 is 1.12 bits per heavy atom. The Kier molecular flexibility index (Phi) is 3.86. The minimum atomic E-state index is -0.177. The average Bonchev–Trinajstić information content (AvgIpc) is 3.16. The minimum absolute atomic E-state index is 0.0455. The number of nitrogens with two attached hydrogens (primary N) is 1. The molecule has 5 heteroatoms. The van der Waals surface area contributed by atoms with E-state index in [2.05, 4.69) is 10.2 Å². The highest BCUT2D eigenvalue weighted by Crippen LogP contribution is 2.42. The number of nitrogens with zero attached hydrogens (tertiary/aromatic N) is 2. The van der Waals surface area contributed by atoms with E-state index in [1.54, 1.807) is 0 Å². The highest BCUT2D eigenvalue weighted by atomic mass is 16.2. The fraction of sp³-hybridized carbons (Fsp3) is 0.200. The van der Waals surface area contributed by atoms with Crippen LogP contribution in [-0.4, -0.2) is 33.6 Å². The van der Waals surface area contributed by atoms with E-state index < -0.39 is 0 Å². The summed E-state index contributed by atoms with van der Waals surface area (Å²) in [6.07, 6.45) is 0. The monoisotopic (exact) mass is 332 g/mol. The largest absolute Gasteiger partial charge is 0.326 e. The Hall–Kier alpha value is -2.92. The van der Waals surface area contributed by atoms with E-state index in [9.17, 15) is 4.79 Å². The molecule has 0 saturated heterocycles. The number of nitrogens with one attached hydrogen (secondary N) is 1. The van der Waals surface area contributed by atoms with Crippen molar-refractivity contribution in [2.75, 3.05) is 6.54 Å². The molecule has 0 saturated carbocycles. The number of hydrogen-bond acceptors (Lipinski definition) is 3. The third-order valence-electron chi connectivity index (χ3n) is 4.51. The topological polar surface area (TPSA) is 75.0 Å². The molecule has 3 aromatic rings. The zero-order valence-corrected chi connectivity index (χ0v) is 14.0. The van der Waals surface area contributed by atoms with Crippen LogP contribution in [0.2, 0.25) is 0 Å². The molecule has 0 fully saturated rings. The summed E-state index contributed by atoms with van der Waals surface area (Å²) in [7, 11) is 0. The molecule has 0 aliphatic carbocycles. The summed E-state index contributed by atoms with van der Waals surface area (Å²) in [5.74, 6) is -0.0455. The first kappa shape index (κ1) is 15.6. The van der Waals surface area contributed by atoms with Gasteiger partial charge in [0.25, 0.3) is 5.91 Å². The van der Waals surface area contributed by atoms with Gasteiger partial charge in [0.2, 0.25) is 0 Å². The van der Waals surface area contributed by atoms with E-state index in [1.807, 2.05) is 72.5 Å². The molecule has 3 N–H and O–H groups in total. The van der Waals surface area contributed by atoms with Gasteiger partial charge in [-0.2, -0.15) is 5.10 Å². The molecule has 25 heavy (non-hydrogen) atoms. The lowest BCUT2D eigenvalue weighted by Crippen LogP contribution is -2.38. The van der Waals surface area contributed by atoms with Crippen LogP contribution in [0.3, 0.4) is 0 Å². The van der Waals surface area contributed by atoms with Crippen molar-refractivity contribution in [1.82, 2.24) is 15.1 Å². The van der Waals surface area contributed by atoms with Gasteiger partial charge >= 0.3 is 0 Å². The highest BCUT2D eigenvalue weighted by molar-refractivity contribution is 6.00. The summed E-state index contributed by atoms with van der Waals surface area (Å²) in [4.78, 5) is 14.8. The Balaban J connectivity index is 1.89. The van der Waals surface area contributed by atoms with Crippen LogP contribution >= 0.6 is 0 Å². The summed E-state index contributed by atoms with van der Waals surface area (Å²) < 4.78 is 0. The number of carbonyl (C=O) groups excluding carboxylic acids is 1. The van der Waals surface area contributed by atoms with Crippen molar-refractivity contribution < 1.29 is 4.79 Å². The van der Waals surface area contributed by atoms with Gasteiger partial charge in [-0.3, -0.25) is 9.89 Å². The third kappa shape index (κ3) is 2.62. The van der Waals surface area contributed by atoms with Crippen LogP contribution < -0.4 is 5.73 Å². The summed E-state index contributed by atoms with van der Waals surface area (Å²) >= 11 is 0. The molecule has 4 rings (SSSR count). The molecule has 2 aromatic carbocycles. The van der Waals surface area contributed by atoms with E-state index in [-0.39, 0.29) is 18.0 Å². The quantitative estimate of drug-likeness (QED) is 0.771.